The van der Waals surface area contributed by atoms with E-state index in [4.69, 9.17) is 34.8 Å². The molecule has 0 spiro atoms. The van der Waals surface area contributed by atoms with Gasteiger partial charge in [-0.3, -0.25) is 4.79 Å². The van der Waals surface area contributed by atoms with Crippen LogP contribution in [-0.4, -0.2) is 27.9 Å². The van der Waals surface area contributed by atoms with Crippen molar-refractivity contribution in [1.82, 2.24) is 14.9 Å². The van der Waals surface area contributed by atoms with Gasteiger partial charge >= 0.3 is 0 Å². The number of aryl methyl sites for hydroxylation is 1. The topological polar surface area (TPSA) is 46.9 Å². The number of carbonyl (C=O) groups excluding carboxylic acids is 1. The highest BCUT2D eigenvalue weighted by atomic mass is 35.5. The number of nitrogens with zero attached hydrogens (tertiary/aromatic N) is 2. The van der Waals surface area contributed by atoms with Crippen molar-refractivity contribution >= 4 is 51.7 Å². The summed E-state index contributed by atoms with van der Waals surface area (Å²) in [7, 11) is 0. The molecule has 1 N–H and O–H groups in total. The van der Waals surface area contributed by atoms with Crippen LogP contribution >= 0.6 is 34.8 Å². The van der Waals surface area contributed by atoms with E-state index in [1.807, 2.05) is 4.57 Å². The predicted octanol–water partition coefficient (Wildman–Crippen LogP) is 3.26. The Hall–Kier alpha value is -0.970. The average Bonchev–Trinajstić information content (AvgIpc) is 2.68. The lowest BCUT2D eigenvalue weighted by molar-refractivity contribution is -0.118. The number of aromatic nitrogens is 2. The zero-order valence-corrected chi connectivity index (χ0v) is 13.2. The van der Waals surface area contributed by atoms with Gasteiger partial charge in [0.25, 0.3) is 0 Å². The van der Waals surface area contributed by atoms with Gasteiger partial charge < -0.3 is 9.88 Å². The number of benzene rings is 1. The first-order valence-corrected chi connectivity index (χ1v) is 7.46. The number of carbonyl (C=O) groups is 1. The highest BCUT2D eigenvalue weighted by molar-refractivity contribution is 6.42. The van der Waals surface area contributed by atoms with Gasteiger partial charge in [0.1, 0.15) is 5.82 Å². The van der Waals surface area contributed by atoms with E-state index in [0.717, 1.165) is 16.9 Å². The van der Waals surface area contributed by atoms with Crippen LogP contribution in [0.1, 0.15) is 12.7 Å². The predicted molar refractivity (Wildman–Crippen MR) is 82.9 cm³/mol. The molecular formula is C13H14Cl3N3O. The second-order valence-corrected chi connectivity index (χ2v) is 5.55. The van der Waals surface area contributed by atoms with E-state index in [9.17, 15) is 4.79 Å². The van der Waals surface area contributed by atoms with E-state index in [1.54, 1.807) is 12.1 Å². The lowest BCUT2D eigenvalue weighted by Gasteiger charge is -2.09. The quantitative estimate of drug-likeness (QED) is 0.853. The molecule has 2 aromatic rings. The fourth-order valence-corrected chi connectivity index (χ4v) is 2.52. The number of nitrogens with one attached hydrogen (secondary N) is 1. The molecular weight excluding hydrogens is 321 g/mol. The number of fused-ring (bicyclic) bond motifs is 1. The van der Waals surface area contributed by atoms with Crippen LogP contribution in [0.15, 0.2) is 12.1 Å². The van der Waals surface area contributed by atoms with Crippen molar-refractivity contribution in [2.75, 3.05) is 12.4 Å². The van der Waals surface area contributed by atoms with Crippen molar-refractivity contribution in [2.24, 2.45) is 0 Å². The number of hydrogen-bond acceptors (Lipinski definition) is 2. The largest absolute Gasteiger partial charge is 0.355 e. The molecule has 1 aromatic heterocycles. The molecule has 4 nitrogen and oxygen atoms in total. The summed E-state index contributed by atoms with van der Waals surface area (Å²) in [5.74, 6) is 1.28. The second kappa shape index (κ2) is 6.66. The maximum atomic E-state index is 10.9. The van der Waals surface area contributed by atoms with Gasteiger partial charge in [-0.1, -0.05) is 23.2 Å². The van der Waals surface area contributed by atoms with Crippen molar-refractivity contribution in [2.45, 2.75) is 19.9 Å². The molecule has 0 saturated heterocycles. The van der Waals surface area contributed by atoms with Gasteiger partial charge in [0.15, 0.2) is 0 Å². The van der Waals surface area contributed by atoms with Crippen molar-refractivity contribution in [3.8, 4) is 0 Å². The minimum atomic E-state index is -0.0607. The molecule has 0 saturated carbocycles. The lowest BCUT2D eigenvalue weighted by atomic mass is 10.3. The molecule has 1 heterocycles. The fourth-order valence-electron chi connectivity index (χ4n) is 2.04. The summed E-state index contributed by atoms with van der Waals surface area (Å²) in [6.07, 6.45) is 0.644. The molecule has 0 aliphatic rings. The number of halogens is 3. The molecule has 0 radical (unpaired) electrons. The summed E-state index contributed by atoms with van der Waals surface area (Å²) in [6, 6.07) is 3.53. The van der Waals surface area contributed by atoms with Gasteiger partial charge in [0.05, 0.1) is 21.1 Å². The van der Waals surface area contributed by atoms with Crippen molar-refractivity contribution in [3.05, 3.63) is 28.0 Å². The number of alkyl halides is 1. The smallest absolute Gasteiger partial charge is 0.216 e. The summed E-state index contributed by atoms with van der Waals surface area (Å²) < 4.78 is 2.01. The van der Waals surface area contributed by atoms with Crippen LogP contribution in [0.2, 0.25) is 10.0 Å². The molecule has 0 fully saturated rings. The SMILES string of the molecule is CC(=O)NCCn1c(CCCl)nc2cc(Cl)c(Cl)cc21. The standard InChI is InChI=1S/C13H14Cl3N3O/c1-8(20)17-4-5-19-12-7-10(16)9(15)6-11(12)18-13(19)2-3-14/h6-7H,2-5H2,1H3,(H,17,20). The summed E-state index contributed by atoms with van der Waals surface area (Å²) in [5.41, 5.74) is 1.67. The molecule has 0 aliphatic carbocycles. The van der Waals surface area contributed by atoms with Gasteiger partial charge in [-0.25, -0.2) is 4.98 Å². The number of imidazole rings is 1. The highest BCUT2D eigenvalue weighted by Gasteiger charge is 2.12. The van der Waals surface area contributed by atoms with Crippen molar-refractivity contribution in [3.63, 3.8) is 0 Å². The number of rotatable bonds is 5. The fraction of sp³-hybridized carbons (Fsp3) is 0.385. The second-order valence-electron chi connectivity index (χ2n) is 4.36. The van der Waals surface area contributed by atoms with E-state index in [1.165, 1.54) is 6.92 Å². The van der Waals surface area contributed by atoms with Gasteiger partial charge in [-0.15, -0.1) is 11.6 Å². The summed E-state index contributed by atoms with van der Waals surface area (Å²) in [5, 5.41) is 3.72. The van der Waals surface area contributed by atoms with Crippen LogP contribution in [-0.2, 0) is 17.8 Å². The summed E-state index contributed by atoms with van der Waals surface area (Å²) in [4.78, 5) is 15.5. The monoisotopic (exact) mass is 333 g/mol. The Morgan fingerprint density at radius 1 is 1.35 bits per heavy atom. The van der Waals surface area contributed by atoms with E-state index in [2.05, 4.69) is 10.3 Å². The first-order valence-electron chi connectivity index (χ1n) is 6.17. The summed E-state index contributed by atoms with van der Waals surface area (Å²) >= 11 is 17.9. The number of amides is 1. The molecule has 7 heteroatoms. The minimum absolute atomic E-state index is 0.0607. The van der Waals surface area contributed by atoms with Crippen LogP contribution in [0.5, 0.6) is 0 Å². The van der Waals surface area contributed by atoms with E-state index >= 15 is 0 Å². The molecule has 0 bridgehead atoms. The minimum Gasteiger partial charge on any atom is -0.355 e. The van der Waals surface area contributed by atoms with E-state index in [0.29, 0.717) is 35.4 Å². The molecule has 1 amide bonds. The zero-order valence-electron chi connectivity index (χ0n) is 10.9. The third-order valence-corrected chi connectivity index (χ3v) is 3.81. The molecule has 0 atom stereocenters. The van der Waals surface area contributed by atoms with Gasteiger partial charge in [0, 0.05) is 32.3 Å². The van der Waals surface area contributed by atoms with Crippen molar-refractivity contribution in [1.29, 1.82) is 0 Å². The zero-order chi connectivity index (χ0) is 14.7. The third-order valence-electron chi connectivity index (χ3n) is 2.90. The maximum Gasteiger partial charge on any atom is 0.216 e. The highest BCUT2D eigenvalue weighted by Crippen LogP contribution is 2.28. The first-order chi connectivity index (χ1) is 9.52. The molecule has 0 unspecified atom stereocenters. The lowest BCUT2D eigenvalue weighted by Crippen LogP contribution is -2.25. The summed E-state index contributed by atoms with van der Waals surface area (Å²) in [6.45, 7) is 2.62. The van der Waals surface area contributed by atoms with Crippen molar-refractivity contribution < 1.29 is 4.79 Å². The first kappa shape index (κ1) is 15.4. The molecule has 20 heavy (non-hydrogen) atoms. The molecule has 108 valence electrons. The molecule has 1 aromatic carbocycles. The van der Waals surface area contributed by atoms with E-state index < -0.39 is 0 Å². The average molecular weight is 335 g/mol. The van der Waals surface area contributed by atoms with Crippen LogP contribution in [0.4, 0.5) is 0 Å². The van der Waals surface area contributed by atoms with E-state index in [-0.39, 0.29) is 5.91 Å². The third kappa shape index (κ3) is 3.37. The Labute approximate surface area is 132 Å². The Morgan fingerprint density at radius 2 is 2.05 bits per heavy atom. The van der Waals surface area contributed by atoms with Crippen LogP contribution in [0.3, 0.4) is 0 Å². The Kier molecular flexibility index (Phi) is 5.13. The molecule has 0 aliphatic heterocycles. The number of hydrogen-bond donors (Lipinski definition) is 1. The van der Waals surface area contributed by atoms with Gasteiger partial charge in [0.2, 0.25) is 5.91 Å². The maximum absolute atomic E-state index is 10.9. The van der Waals surface area contributed by atoms with Gasteiger partial charge in [-0.2, -0.15) is 0 Å². The van der Waals surface area contributed by atoms with Crippen LogP contribution in [0.25, 0.3) is 11.0 Å². The Bertz CT molecular complexity index is 639. The Morgan fingerprint density at radius 3 is 2.70 bits per heavy atom. The molecule has 2 rings (SSSR count). The Balaban J connectivity index is 2.39. The van der Waals surface area contributed by atoms with Crippen LogP contribution in [0, 0.1) is 0 Å². The van der Waals surface area contributed by atoms with Crippen LogP contribution < -0.4 is 5.32 Å². The normalized spacial score (nSPS) is 11.0. The van der Waals surface area contributed by atoms with Gasteiger partial charge in [-0.05, 0) is 12.1 Å².